The van der Waals surface area contributed by atoms with Crippen molar-refractivity contribution in [3.8, 4) is 11.1 Å². The minimum Gasteiger partial charge on any atom is -0.262 e. The van der Waals surface area contributed by atoms with Crippen molar-refractivity contribution in [3.63, 3.8) is 0 Å². The van der Waals surface area contributed by atoms with E-state index >= 15 is 0 Å². The van der Waals surface area contributed by atoms with Gasteiger partial charge in [0.25, 0.3) is 10.1 Å². The summed E-state index contributed by atoms with van der Waals surface area (Å²) in [6.07, 6.45) is -0.546. The molecule has 0 N–H and O–H groups in total. The van der Waals surface area contributed by atoms with Gasteiger partial charge in [-0.15, -0.1) is 0 Å². The topological polar surface area (TPSA) is 43.4 Å². The zero-order valence-corrected chi connectivity index (χ0v) is 18.4. The summed E-state index contributed by atoms with van der Waals surface area (Å²) in [5.74, 6) is -0.154. The number of fused-ring (bicyclic) bond motifs is 3. The Morgan fingerprint density at radius 1 is 0.852 bits per heavy atom. The highest BCUT2D eigenvalue weighted by Crippen LogP contribution is 2.48. The minimum atomic E-state index is -3.86. The number of benzene rings is 3. The average molecular weight is 508 g/mol. The summed E-state index contributed by atoms with van der Waals surface area (Å²) in [7, 11) is -3.86. The molecule has 138 valence electrons. The van der Waals surface area contributed by atoms with Crippen molar-refractivity contribution in [1.82, 2.24) is 0 Å². The predicted molar refractivity (Wildman–Crippen MR) is 113 cm³/mol. The number of halogens is 2. The Hall–Kier alpha value is -1.47. The maximum Gasteiger partial charge on any atom is 0.297 e. The third-order valence-electron chi connectivity index (χ3n) is 4.78. The summed E-state index contributed by atoms with van der Waals surface area (Å²) in [6.45, 7) is 1.81. The molecule has 0 saturated carbocycles. The highest BCUT2D eigenvalue weighted by Gasteiger charge is 2.35. The quantitative estimate of drug-likeness (QED) is 0.399. The lowest BCUT2D eigenvalue weighted by atomic mass is 9.92. The number of hydrogen-bond donors (Lipinski definition) is 0. The summed E-state index contributed by atoms with van der Waals surface area (Å²) < 4.78 is 32.9. The summed E-state index contributed by atoms with van der Waals surface area (Å²) in [5, 5.41) is 0. The molecule has 3 aromatic rings. The minimum absolute atomic E-state index is 0.151. The molecule has 0 aliphatic heterocycles. The van der Waals surface area contributed by atoms with Crippen LogP contribution in [-0.2, 0) is 14.3 Å². The molecule has 0 saturated heterocycles. The molecule has 1 aliphatic rings. The van der Waals surface area contributed by atoms with Gasteiger partial charge in [0.1, 0.15) is 0 Å². The van der Waals surface area contributed by atoms with Crippen molar-refractivity contribution in [3.05, 3.63) is 86.8 Å². The van der Waals surface area contributed by atoms with Gasteiger partial charge in [0.05, 0.1) is 11.0 Å². The van der Waals surface area contributed by atoms with Crippen LogP contribution in [-0.4, -0.2) is 14.5 Å². The monoisotopic (exact) mass is 506 g/mol. The Bertz CT molecular complexity index is 1110. The first-order chi connectivity index (χ1) is 12.9. The second kappa shape index (κ2) is 7.17. The van der Waals surface area contributed by atoms with Gasteiger partial charge in [-0.3, -0.25) is 4.18 Å². The lowest BCUT2D eigenvalue weighted by Crippen LogP contribution is -2.22. The molecule has 0 radical (unpaired) electrons. The molecule has 4 rings (SSSR count). The molecule has 0 aromatic heterocycles. The van der Waals surface area contributed by atoms with E-state index in [1.54, 1.807) is 24.3 Å². The molecule has 0 heterocycles. The van der Waals surface area contributed by atoms with Crippen molar-refractivity contribution in [2.45, 2.75) is 23.8 Å². The molecule has 0 spiro atoms. The van der Waals surface area contributed by atoms with Gasteiger partial charge in [0, 0.05) is 14.9 Å². The molecule has 1 aliphatic carbocycles. The molecule has 27 heavy (non-hydrogen) atoms. The van der Waals surface area contributed by atoms with Gasteiger partial charge in [-0.2, -0.15) is 8.42 Å². The Morgan fingerprint density at radius 3 is 2.22 bits per heavy atom. The second-order valence-electron chi connectivity index (χ2n) is 6.51. The summed E-state index contributed by atoms with van der Waals surface area (Å²) in [5.41, 5.74) is 4.41. The summed E-state index contributed by atoms with van der Waals surface area (Å²) in [6, 6.07) is 20.7. The van der Waals surface area contributed by atoms with E-state index in [-0.39, 0.29) is 10.8 Å². The normalized spacial score (nSPS) is 16.6. The molecule has 2 atom stereocenters. The van der Waals surface area contributed by atoms with E-state index in [1.165, 1.54) is 0 Å². The molecule has 0 bridgehead atoms. The lowest BCUT2D eigenvalue weighted by molar-refractivity contribution is 0.212. The fraction of sp³-hybridized carbons (Fsp3) is 0.143. The van der Waals surface area contributed by atoms with Crippen LogP contribution in [0, 0.1) is 0 Å². The maximum absolute atomic E-state index is 12.8. The van der Waals surface area contributed by atoms with Gasteiger partial charge in [0.15, 0.2) is 0 Å². The summed E-state index contributed by atoms with van der Waals surface area (Å²) >= 11 is 6.85. The molecule has 6 heteroatoms. The number of hydrogen-bond acceptors (Lipinski definition) is 3. The van der Waals surface area contributed by atoms with Crippen LogP contribution >= 0.6 is 31.9 Å². The van der Waals surface area contributed by atoms with Crippen molar-refractivity contribution >= 4 is 42.0 Å². The highest BCUT2D eigenvalue weighted by molar-refractivity contribution is 9.10. The third kappa shape index (κ3) is 3.51. The van der Waals surface area contributed by atoms with Gasteiger partial charge in [0.2, 0.25) is 0 Å². The van der Waals surface area contributed by atoms with Crippen molar-refractivity contribution in [2.75, 3.05) is 0 Å². The van der Waals surface area contributed by atoms with Crippen LogP contribution in [0.4, 0.5) is 0 Å². The van der Waals surface area contributed by atoms with Crippen LogP contribution in [0.2, 0.25) is 0 Å². The number of rotatable bonds is 4. The van der Waals surface area contributed by atoms with Crippen molar-refractivity contribution in [1.29, 1.82) is 0 Å². The fourth-order valence-corrected chi connectivity index (χ4v) is 5.37. The molecule has 0 unspecified atom stereocenters. The fourth-order valence-electron chi connectivity index (χ4n) is 3.64. The molecule has 0 amide bonds. The van der Waals surface area contributed by atoms with Crippen LogP contribution in [0.15, 0.2) is 80.6 Å². The second-order valence-corrected chi connectivity index (χ2v) is 9.91. The molecule has 3 aromatic carbocycles. The third-order valence-corrected chi connectivity index (χ3v) is 7.21. The highest BCUT2D eigenvalue weighted by atomic mass is 79.9. The van der Waals surface area contributed by atoms with Crippen LogP contribution in [0.5, 0.6) is 0 Å². The Kier molecular flexibility index (Phi) is 5.01. The zero-order valence-electron chi connectivity index (χ0n) is 14.4. The average Bonchev–Trinajstić information content (AvgIpc) is 2.95. The van der Waals surface area contributed by atoms with Crippen LogP contribution < -0.4 is 0 Å². The molecular weight excluding hydrogens is 492 g/mol. The maximum atomic E-state index is 12.8. The Morgan fingerprint density at radius 2 is 1.48 bits per heavy atom. The van der Waals surface area contributed by atoms with E-state index in [2.05, 4.69) is 44.0 Å². The van der Waals surface area contributed by atoms with E-state index in [0.29, 0.717) is 0 Å². The Labute approximate surface area is 175 Å². The lowest BCUT2D eigenvalue weighted by Gasteiger charge is -2.22. The van der Waals surface area contributed by atoms with E-state index < -0.39 is 16.2 Å². The first kappa shape index (κ1) is 18.9. The van der Waals surface area contributed by atoms with Gasteiger partial charge in [-0.1, -0.05) is 62.2 Å². The molecule has 3 nitrogen and oxygen atoms in total. The van der Waals surface area contributed by atoms with Crippen LogP contribution in [0.1, 0.15) is 24.0 Å². The Balaban J connectivity index is 1.73. The van der Waals surface area contributed by atoms with Crippen molar-refractivity contribution < 1.29 is 12.6 Å². The van der Waals surface area contributed by atoms with Gasteiger partial charge in [-0.25, -0.2) is 0 Å². The van der Waals surface area contributed by atoms with Gasteiger partial charge in [-0.05, 0) is 65.6 Å². The SMILES string of the molecule is C[C@@H](OS(=O)(=O)c1ccc(Br)cc1)[C@H]1c2ccccc2-c2ccc(Br)cc21. The van der Waals surface area contributed by atoms with E-state index in [1.807, 2.05) is 37.3 Å². The van der Waals surface area contributed by atoms with Crippen LogP contribution in [0.3, 0.4) is 0 Å². The predicted octanol–water partition coefficient (Wildman–Crippen LogP) is 6.12. The van der Waals surface area contributed by atoms with Crippen molar-refractivity contribution in [2.24, 2.45) is 0 Å². The first-order valence-corrected chi connectivity index (χ1v) is 11.4. The largest absolute Gasteiger partial charge is 0.297 e. The smallest absolute Gasteiger partial charge is 0.262 e. The zero-order chi connectivity index (χ0) is 19.2. The summed E-state index contributed by atoms with van der Waals surface area (Å²) in [4.78, 5) is 0.151. The standard InChI is InChI=1S/C21H16Br2O3S/c1-13(26-27(24,25)16-9-6-14(22)7-10-16)21-19-5-3-2-4-17(19)18-11-8-15(23)12-20(18)21/h2-13,21H,1H3/t13-,21+/m1/s1. The van der Waals surface area contributed by atoms with E-state index in [0.717, 1.165) is 31.2 Å². The van der Waals surface area contributed by atoms with E-state index in [4.69, 9.17) is 4.18 Å². The van der Waals surface area contributed by atoms with Gasteiger partial charge >= 0.3 is 0 Å². The molecular formula is C21H16Br2O3S. The van der Waals surface area contributed by atoms with Crippen LogP contribution in [0.25, 0.3) is 11.1 Å². The first-order valence-electron chi connectivity index (χ1n) is 8.44. The molecule has 0 fully saturated rings. The van der Waals surface area contributed by atoms with E-state index in [9.17, 15) is 8.42 Å². The van der Waals surface area contributed by atoms with Gasteiger partial charge < -0.3 is 0 Å².